The van der Waals surface area contributed by atoms with E-state index in [4.69, 9.17) is 10.5 Å². The number of hydrogen-bond acceptors (Lipinski definition) is 4. The summed E-state index contributed by atoms with van der Waals surface area (Å²) in [6.45, 7) is 1.22. The summed E-state index contributed by atoms with van der Waals surface area (Å²) in [5.41, 5.74) is 7.34. The van der Waals surface area contributed by atoms with E-state index < -0.39 is 0 Å². The molecule has 1 heterocycles. The van der Waals surface area contributed by atoms with Crippen molar-refractivity contribution in [3.05, 3.63) is 39.3 Å². The molecule has 0 unspecified atom stereocenters. The molecule has 5 heteroatoms. The van der Waals surface area contributed by atoms with Crippen molar-refractivity contribution in [1.82, 2.24) is 4.57 Å². The average molecular weight is 264 g/mol. The first-order valence-electron chi connectivity index (χ1n) is 5.79. The normalized spacial score (nSPS) is 10.6. The van der Waals surface area contributed by atoms with Crippen molar-refractivity contribution in [3.8, 4) is 17.0 Å². The molecule has 96 valence electrons. The molecule has 0 saturated carbocycles. The Labute approximate surface area is 110 Å². The molecule has 18 heavy (non-hydrogen) atoms. The first kappa shape index (κ1) is 12.9. The first-order chi connectivity index (χ1) is 8.77. The summed E-state index contributed by atoms with van der Waals surface area (Å²) in [7, 11) is 1.63. The maximum atomic E-state index is 11.8. The van der Waals surface area contributed by atoms with E-state index in [1.54, 1.807) is 11.7 Å². The van der Waals surface area contributed by atoms with Crippen molar-refractivity contribution in [3.63, 3.8) is 0 Å². The highest BCUT2D eigenvalue weighted by atomic mass is 32.1. The molecule has 2 N–H and O–H groups in total. The van der Waals surface area contributed by atoms with E-state index in [9.17, 15) is 4.79 Å². The SMILES string of the molecule is COc1ccccc1-c1csc(=O)n1CCCN. The number of ether oxygens (including phenoxy) is 1. The number of thiazole rings is 1. The van der Waals surface area contributed by atoms with Gasteiger partial charge in [0.2, 0.25) is 0 Å². The van der Waals surface area contributed by atoms with Crippen molar-refractivity contribution < 1.29 is 4.74 Å². The Kier molecular flexibility index (Phi) is 4.17. The van der Waals surface area contributed by atoms with Gasteiger partial charge in [-0.15, -0.1) is 0 Å². The van der Waals surface area contributed by atoms with E-state index >= 15 is 0 Å². The van der Waals surface area contributed by atoms with Crippen LogP contribution in [0.1, 0.15) is 6.42 Å². The van der Waals surface area contributed by atoms with Crippen LogP contribution < -0.4 is 15.3 Å². The molecule has 0 spiro atoms. The molecule has 4 nitrogen and oxygen atoms in total. The van der Waals surface area contributed by atoms with Crippen LogP contribution in [-0.2, 0) is 6.54 Å². The van der Waals surface area contributed by atoms with Crippen molar-refractivity contribution in [1.29, 1.82) is 0 Å². The molecule has 2 aromatic rings. The van der Waals surface area contributed by atoms with Crippen LogP contribution in [-0.4, -0.2) is 18.2 Å². The highest BCUT2D eigenvalue weighted by molar-refractivity contribution is 7.07. The maximum absolute atomic E-state index is 11.8. The molecule has 0 fully saturated rings. The number of rotatable bonds is 5. The number of methoxy groups -OCH3 is 1. The Morgan fingerprint density at radius 2 is 2.17 bits per heavy atom. The fourth-order valence-electron chi connectivity index (χ4n) is 1.86. The number of para-hydroxylation sites is 1. The van der Waals surface area contributed by atoms with Crippen LogP contribution in [0.2, 0.25) is 0 Å². The summed E-state index contributed by atoms with van der Waals surface area (Å²) in [6.07, 6.45) is 0.790. The van der Waals surface area contributed by atoms with Gasteiger partial charge in [0.1, 0.15) is 5.75 Å². The van der Waals surface area contributed by atoms with Gasteiger partial charge in [0.25, 0.3) is 0 Å². The van der Waals surface area contributed by atoms with Crippen LogP contribution in [0.15, 0.2) is 34.4 Å². The third-order valence-corrected chi connectivity index (χ3v) is 3.51. The Morgan fingerprint density at radius 1 is 1.39 bits per heavy atom. The standard InChI is InChI=1S/C13H16N2O2S/c1-17-12-6-3-2-5-10(12)11-9-18-13(16)15(11)8-4-7-14/h2-3,5-6,9H,4,7-8,14H2,1H3. The lowest BCUT2D eigenvalue weighted by Crippen LogP contribution is -2.16. The molecule has 1 aromatic carbocycles. The quantitative estimate of drug-likeness (QED) is 0.897. The number of nitrogens with zero attached hydrogens (tertiary/aromatic N) is 1. The lowest BCUT2D eigenvalue weighted by Gasteiger charge is -2.10. The molecule has 2 rings (SSSR count). The minimum Gasteiger partial charge on any atom is -0.496 e. The third-order valence-electron chi connectivity index (χ3n) is 2.75. The number of aromatic nitrogens is 1. The predicted octanol–water partition coefficient (Wildman–Crippen LogP) is 1.93. The van der Waals surface area contributed by atoms with Crippen LogP contribution in [0, 0.1) is 0 Å². The summed E-state index contributed by atoms with van der Waals surface area (Å²) in [4.78, 5) is 11.9. The second-order valence-corrected chi connectivity index (χ2v) is 4.70. The molecule has 0 bridgehead atoms. The monoisotopic (exact) mass is 264 g/mol. The molecule has 1 aromatic heterocycles. The fourth-order valence-corrected chi connectivity index (χ4v) is 2.64. The zero-order chi connectivity index (χ0) is 13.0. The van der Waals surface area contributed by atoms with Gasteiger partial charge in [-0.1, -0.05) is 23.5 Å². The van der Waals surface area contributed by atoms with Crippen LogP contribution in [0.5, 0.6) is 5.75 Å². The van der Waals surface area contributed by atoms with Gasteiger partial charge in [0.15, 0.2) is 0 Å². The minimum atomic E-state index is 0.0457. The molecule has 0 aliphatic heterocycles. The minimum absolute atomic E-state index is 0.0457. The maximum Gasteiger partial charge on any atom is 0.307 e. The molecule has 0 aliphatic carbocycles. The van der Waals surface area contributed by atoms with Gasteiger partial charge in [-0.2, -0.15) is 0 Å². The van der Waals surface area contributed by atoms with Crippen molar-refractivity contribution in [2.75, 3.05) is 13.7 Å². The lowest BCUT2D eigenvalue weighted by atomic mass is 10.1. The Hall–Kier alpha value is -1.59. The lowest BCUT2D eigenvalue weighted by molar-refractivity contribution is 0.416. The van der Waals surface area contributed by atoms with Gasteiger partial charge in [-0.05, 0) is 25.1 Å². The largest absolute Gasteiger partial charge is 0.496 e. The molecule has 0 saturated heterocycles. The van der Waals surface area contributed by atoms with Gasteiger partial charge < -0.3 is 10.5 Å². The molecular weight excluding hydrogens is 248 g/mol. The Balaban J connectivity index is 2.47. The molecular formula is C13H16N2O2S. The van der Waals surface area contributed by atoms with Crippen LogP contribution in [0.25, 0.3) is 11.3 Å². The van der Waals surface area contributed by atoms with Gasteiger partial charge in [-0.3, -0.25) is 9.36 Å². The van der Waals surface area contributed by atoms with Crippen molar-refractivity contribution in [2.24, 2.45) is 5.73 Å². The second-order valence-electron chi connectivity index (χ2n) is 3.88. The van der Waals surface area contributed by atoms with Gasteiger partial charge in [0.05, 0.1) is 12.8 Å². The molecule has 0 amide bonds. The van der Waals surface area contributed by atoms with Crippen molar-refractivity contribution >= 4 is 11.3 Å². The van der Waals surface area contributed by atoms with E-state index in [0.29, 0.717) is 13.1 Å². The van der Waals surface area contributed by atoms with Gasteiger partial charge in [0, 0.05) is 17.5 Å². The zero-order valence-corrected chi connectivity index (χ0v) is 11.1. The summed E-state index contributed by atoms with van der Waals surface area (Å²) >= 11 is 1.21. The van der Waals surface area contributed by atoms with E-state index in [1.165, 1.54) is 11.3 Å². The summed E-state index contributed by atoms with van der Waals surface area (Å²) in [5.74, 6) is 0.775. The summed E-state index contributed by atoms with van der Waals surface area (Å²) in [6, 6.07) is 7.70. The van der Waals surface area contributed by atoms with Crippen LogP contribution in [0.3, 0.4) is 0 Å². The predicted molar refractivity (Wildman–Crippen MR) is 74.2 cm³/mol. The Bertz CT molecular complexity index is 574. The topological polar surface area (TPSA) is 57.2 Å². The van der Waals surface area contributed by atoms with E-state index in [-0.39, 0.29) is 4.87 Å². The number of benzene rings is 1. The van der Waals surface area contributed by atoms with Gasteiger partial charge in [-0.25, -0.2) is 0 Å². The smallest absolute Gasteiger partial charge is 0.307 e. The van der Waals surface area contributed by atoms with E-state index in [2.05, 4.69) is 0 Å². The van der Waals surface area contributed by atoms with Gasteiger partial charge >= 0.3 is 4.87 Å². The summed E-state index contributed by atoms with van der Waals surface area (Å²) in [5, 5.41) is 1.87. The number of hydrogen-bond donors (Lipinski definition) is 1. The van der Waals surface area contributed by atoms with E-state index in [0.717, 1.165) is 23.4 Å². The molecule has 0 aliphatic rings. The Morgan fingerprint density at radius 3 is 2.89 bits per heavy atom. The van der Waals surface area contributed by atoms with E-state index in [1.807, 2.05) is 29.6 Å². The first-order valence-corrected chi connectivity index (χ1v) is 6.67. The summed E-state index contributed by atoms with van der Waals surface area (Å²) < 4.78 is 7.09. The zero-order valence-electron chi connectivity index (χ0n) is 10.3. The average Bonchev–Trinajstić information content (AvgIpc) is 2.77. The second kappa shape index (κ2) is 5.84. The third kappa shape index (κ3) is 2.47. The fraction of sp³-hybridized carbons (Fsp3) is 0.308. The van der Waals surface area contributed by atoms with Crippen LogP contribution in [0.4, 0.5) is 0 Å². The number of nitrogens with two attached hydrogens (primary N) is 1. The van der Waals surface area contributed by atoms with Crippen LogP contribution >= 0.6 is 11.3 Å². The van der Waals surface area contributed by atoms with Crippen molar-refractivity contribution in [2.45, 2.75) is 13.0 Å². The molecule has 0 atom stereocenters. The highest BCUT2D eigenvalue weighted by Crippen LogP contribution is 2.29. The molecule has 0 radical (unpaired) electrons. The highest BCUT2D eigenvalue weighted by Gasteiger charge is 2.12.